The molecule has 0 aromatic rings. The lowest BCUT2D eigenvalue weighted by Crippen LogP contribution is -2.42. The van der Waals surface area contributed by atoms with Gasteiger partial charge in [0.05, 0.1) is 6.10 Å². The molecule has 0 saturated heterocycles. The van der Waals surface area contributed by atoms with Gasteiger partial charge in [-0.1, -0.05) is 48.0 Å². The van der Waals surface area contributed by atoms with E-state index in [9.17, 15) is 9.90 Å². The molecule has 0 rings (SSSR count). The van der Waals surface area contributed by atoms with E-state index in [-0.39, 0.29) is 28.8 Å². The average Bonchev–Trinajstić information content (AvgIpc) is 2.33. The summed E-state index contributed by atoms with van der Waals surface area (Å²) in [6.45, 7) is 14.3. The molecule has 0 fully saturated rings. The summed E-state index contributed by atoms with van der Waals surface area (Å²) in [7, 11) is 3.65. The molecule has 0 aliphatic carbocycles. The summed E-state index contributed by atoms with van der Waals surface area (Å²) in [6, 6.07) is 0. The summed E-state index contributed by atoms with van der Waals surface area (Å²) in [6.07, 6.45) is 2.39. The van der Waals surface area contributed by atoms with Gasteiger partial charge in [0.1, 0.15) is 0 Å². The second-order valence-corrected chi connectivity index (χ2v) is 8.59. The second-order valence-electron chi connectivity index (χ2n) is 8.59. The molecule has 132 valence electrons. The van der Waals surface area contributed by atoms with Crippen LogP contribution in [0.25, 0.3) is 0 Å². The molecule has 1 amide bonds. The van der Waals surface area contributed by atoms with E-state index in [1.165, 1.54) is 0 Å². The fourth-order valence-electron chi connectivity index (χ4n) is 2.71. The molecule has 0 spiro atoms. The van der Waals surface area contributed by atoms with Gasteiger partial charge in [-0.2, -0.15) is 0 Å². The van der Waals surface area contributed by atoms with E-state index in [1.807, 2.05) is 14.1 Å². The van der Waals surface area contributed by atoms with Crippen LogP contribution < -0.4 is 5.32 Å². The minimum Gasteiger partial charge on any atom is -0.392 e. The molecule has 0 aliphatic rings. The zero-order valence-electron chi connectivity index (χ0n) is 16.0. The van der Waals surface area contributed by atoms with Gasteiger partial charge in [0.25, 0.3) is 0 Å². The monoisotopic (exact) mass is 314 g/mol. The summed E-state index contributed by atoms with van der Waals surface area (Å²) in [5.74, 6) is 0.200. The van der Waals surface area contributed by atoms with E-state index in [0.29, 0.717) is 6.54 Å². The van der Waals surface area contributed by atoms with Crippen LogP contribution in [0.15, 0.2) is 0 Å². The number of hydrogen-bond acceptors (Lipinski definition) is 3. The molecule has 0 bridgehead atoms. The first-order valence-corrected chi connectivity index (χ1v) is 8.50. The highest BCUT2D eigenvalue weighted by Crippen LogP contribution is 2.37. The predicted molar refractivity (Wildman–Crippen MR) is 93.8 cm³/mol. The van der Waals surface area contributed by atoms with E-state index in [0.717, 1.165) is 25.8 Å². The fraction of sp³-hybridized carbons (Fsp3) is 0.944. The largest absolute Gasteiger partial charge is 0.392 e. The van der Waals surface area contributed by atoms with Crippen LogP contribution in [-0.2, 0) is 4.79 Å². The Morgan fingerprint density at radius 3 is 2.14 bits per heavy atom. The Morgan fingerprint density at radius 2 is 1.73 bits per heavy atom. The van der Waals surface area contributed by atoms with Crippen molar-refractivity contribution in [2.75, 3.05) is 27.2 Å². The minimum absolute atomic E-state index is 0.000125. The lowest BCUT2D eigenvalue weighted by Gasteiger charge is -2.37. The second kappa shape index (κ2) is 8.88. The van der Waals surface area contributed by atoms with Gasteiger partial charge in [-0.15, -0.1) is 0 Å². The zero-order valence-corrected chi connectivity index (χ0v) is 16.0. The Morgan fingerprint density at radius 1 is 1.18 bits per heavy atom. The molecular formula is C18H38N2O2. The van der Waals surface area contributed by atoms with E-state index >= 15 is 0 Å². The lowest BCUT2D eigenvalue weighted by molar-refractivity contribution is -0.137. The van der Waals surface area contributed by atoms with Crippen LogP contribution in [0.2, 0.25) is 0 Å². The van der Waals surface area contributed by atoms with Crippen LogP contribution in [0, 0.1) is 16.7 Å². The van der Waals surface area contributed by atoms with Crippen molar-refractivity contribution in [1.29, 1.82) is 0 Å². The molecule has 2 atom stereocenters. The van der Waals surface area contributed by atoms with Crippen molar-refractivity contribution in [3.63, 3.8) is 0 Å². The molecule has 0 heterocycles. The quantitative estimate of drug-likeness (QED) is 0.688. The van der Waals surface area contributed by atoms with Crippen LogP contribution in [0.4, 0.5) is 0 Å². The van der Waals surface area contributed by atoms with E-state index in [2.05, 4.69) is 46.9 Å². The number of aliphatic hydroxyl groups is 1. The molecule has 0 aromatic heterocycles. The summed E-state index contributed by atoms with van der Waals surface area (Å²) in [4.78, 5) is 14.2. The number of carbonyl (C=O) groups excluding carboxylic acids is 1. The fourth-order valence-corrected chi connectivity index (χ4v) is 2.71. The van der Waals surface area contributed by atoms with Crippen molar-refractivity contribution in [2.45, 2.75) is 66.9 Å². The number of amides is 1. The maximum atomic E-state index is 12.5. The number of carbonyl (C=O) groups is 1. The third-order valence-corrected chi connectivity index (χ3v) is 4.15. The molecule has 0 aliphatic heterocycles. The third-order valence-electron chi connectivity index (χ3n) is 4.15. The summed E-state index contributed by atoms with van der Waals surface area (Å²) >= 11 is 0. The van der Waals surface area contributed by atoms with Crippen molar-refractivity contribution in [2.24, 2.45) is 16.7 Å². The summed E-state index contributed by atoms with van der Waals surface area (Å²) in [5, 5.41) is 13.2. The topological polar surface area (TPSA) is 52.6 Å². The summed E-state index contributed by atoms with van der Waals surface area (Å²) in [5.41, 5.74) is -0.0457. The van der Waals surface area contributed by atoms with E-state index in [4.69, 9.17) is 0 Å². The van der Waals surface area contributed by atoms with Gasteiger partial charge in [0, 0.05) is 33.1 Å². The first-order chi connectivity index (χ1) is 9.90. The molecule has 0 radical (unpaired) electrons. The Balaban J connectivity index is 4.65. The van der Waals surface area contributed by atoms with Crippen LogP contribution in [0.1, 0.15) is 60.8 Å². The normalized spacial score (nSPS) is 15.5. The molecule has 0 saturated carbocycles. The number of rotatable bonds is 9. The number of aliphatic hydroxyl groups excluding tert-OH is 1. The number of nitrogens with one attached hydrogen (secondary N) is 1. The molecule has 2 N–H and O–H groups in total. The van der Waals surface area contributed by atoms with Gasteiger partial charge in [0.2, 0.25) is 5.91 Å². The van der Waals surface area contributed by atoms with Gasteiger partial charge >= 0.3 is 0 Å². The van der Waals surface area contributed by atoms with Gasteiger partial charge in [-0.25, -0.2) is 0 Å². The highest BCUT2D eigenvalue weighted by molar-refractivity contribution is 5.79. The standard InChI is InChI=1S/C18H38N2O2/c1-9-10-14(21)12-19-13-18(5,6)11-15(17(2,3)4)16(22)20(7)8/h14-15,19,21H,9-13H2,1-8H3. The maximum absolute atomic E-state index is 12.5. The van der Waals surface area contributed by atoms with Gasteiger partial charge in [-0.05, 0) is 23.7 Å². The average molecular weight is 315 g/mol. The van der Waals surface area contributed by atoms with E-state index < -0.39 is 0 Å². The molecule has 22 heavy (non-hydrogen) atoms. The third kappa shape index (κ3) is 8.14. The van der Waals surface area contributed by atoms with Crippen LogP contribution in [-0.4, -0.2) is 49.2 Å². The highest BCUT2D eigenvalue weighted by Gasteiger charge is 2.36. The van der Waals surface area contributed by atoms with Gasteiger partial charge < -0.3 is 15.3 Å². The predicted octanol–water partition coefficient (Wildman–Crippen LogP) is 2.90. The van der Waals surface area contributed by atoms with Gasteiger partial charge in [0.15, 0.2) is 0 Å². The molecular weight excluding hydrogens is 276 g/mol. The summed E-state index contributed by atoms with van der Waals surface area (Å²) < 4.78 is 0. The number of hydrogen-bond donors (Lipinski definition) is 2. The van der Waals surface area contributed by atoms with Crippen molar-refractivity contribution >= 4 is 5.91 Å². The molecule has 4 nitrogen and oxygen atoms in total. The van der Waals surface area contributed by atoms with Crippen molar-refractivity contribution < 1.29 is 9.90 Å². The van der Waals surface area contributed by atoms with Crippen LogP contribution >= 0.6 is 0 Å². The Kier molecular flexibility index (Phi) is 8.63. The molecule has 0 aromatic carbocycles. The lowest BCUT2D eigenvalue weighted by atomic mass is 9.71. The number of nitrogens with zero attached hydrogens (tertiary/aromatic N) is 1. The molecule has 2 unspecified atom stereocenters. The smallest absolute Gasteiger partial charge is 0.225 e. The Bertz CT molecular complexity index is 332. The van der Waals surface area contributed by atoms with Crippen LogP contribution in [0.5, 0.6) is 0 Å². The zero-order chi connectivity index (χ0) is 17.6. The highest BCUT2D eigenvalue weighted by atomic mass is 16.3. The Labute approximate surface area is 137 Å². The van der Waals surface area contributed by atoms with Crippen molar-refractivity contribution in [3.05, 3.63) is 0 Å². The first-order valence-electron chi connectivity index (χ1n) is 8.50. The van der Waals surface area contributed by atoms with E-state index in [1.54, 1.807) is 4.90 Å². The minimum atomic E-state index is -0.275. The molecule has 4 heteroatoms. The van der Waals surface area contributed by atoms with Gasteiger partial charge in [-0.3, -0.25) is 4.79 Å². The SMILES string of the molecule is CCCC(O)CNCC(C)(C)CC(C(=O)N(C)C)C(C)(C)C. The van der Waals surface area contributed by atoms with Crippen LogP contribution in [0.3, 0.4) is 0 Å². The van der Waals surface area contributed by atoms with Crippen molar-refractivity contribution in [3.8, 4) is 0 Å². The Hall–Kier alpha value is -0.610. The van der Waals surface area contributed by atoms with Crippen molar-refractivity contribution in [1.82, 2.24) is 10.2 Å². The maximum Gasteiger partial charge on any atom is 0.225 e. The first kappa shape index (κ1) is 21.4.